The molecule has 0 heterocycles. The third-order valence-electron chi connectivity index (χ3n) is 0.803. The highest BCUT2D eigenvalue weighted by atomic mass is 16.1. The van der Waals surface area contributed by atoms with Crippen LogP contribution in [0.4, 0.5) is 0 Å². The summed E-state index contributed by atoms with van der Waals surface area (Å²) in [6.07, 6.45) is 0.0486. The van der Waals surface area contributed by atoms with Gasteiger partial charge in [-0.1, -0.05) is 0 Å². The molecule has 0 aromatic heterocycles. The Morgan fingerprint density at radius 1 is 1.56 bits per heavy atom. The van der Waals surface area contributed by atoms with Crippen molar-refractivity contribution in [3.63, 3.8) is 0 Å². The maximum absolute atomic E-state index is 10.3. The average molecular weight is 122 g/mol. The molecule has 0 N–H and O–H groups in total. The first-order valence-corrected chi connectivity index (χ1v) is 2.49. The number of carbonyl (C=O) groups excluding carboxylic acids is 1. The number of hydrogen-bond acceptors (Lipinski definition) is 3. The summed E-state index contributed by atoms with van der Waals surface area (Å²) >= 11 is 0. The topological polar surface area (TPSA) is 64.7 Å². The lowest BCUT2D eigenvalue weighted by atomic mass is 10.1. The van der Waals surface area contributed by atoms with Gasteiger partial charge in [-0.05, 0) is 6.92 Å². The van der Waals surface area contributed by atoms with Crippen LogP contribution in [0.1, 0.15) is 13.3 Å². The molecular formula is C6H6N2O. The molecule has 0 spiro atoms. The van der Waals surface area contributed by atoms with E-state index in [0.717, 1.165) is 0 Å². The van der Waals surface area contributed by atoms with Crippen molar-refractivity contribution >= 4 is 5.78 Å². The van der Waals surface area contributed by atoms with Gasteiger partial charge in [-0.15, -0.1) is 0 Å². The maximum Gasteiger partial charge on any atom is 0.140 e. The molecule has 0 aliphatic carbocycles. The van der Waals surface area contributed by atoms with E-state index in [1.807, 2.05) is 0 Å². The highest BCUT2D eigenvalue weighted by molar-refractivity contribution is 5.76. The summed E-state index contributed by atoms with van der Waals surface area (Å²) in [4.78, 5) is 10.3. The molecule has 3 nitrogen and oxygen atoms in total. The lowest BCUT2D eigenvalue weighted by molar-refractivity contribution is -0.117. The molecule has 3 heteroatoms. The number of rotatable bonds is 2. The van der Waals surface area contributed by atoms with Gasteiger partial charge in [-0.3, -0.25) is 4.79 Å². The molecular weight excluding hydrogens is 116 g/mol. The molecule has 0 rings (SSSR count). The normalized spacial score (nSPS) is 8.00. The zero-order chi connectivity index (χ0) is 7.28. The number of nitriles is 2. The largest absolute Gasteiger partial charge is 0.300 e. The first kappa shape index (κ1) is 7.65. The van der Waals surface area contributed by atoms with Crippen LogP contribution >= 0.6 is 0 Å². The average Bonchev–Trinajstić information content (AvgIpc) is 1.82. The second kappa shape index (κ2) is 3.63. The minimum absolute atomic E-state index is 0.0486. The van der Waals surface area contributed by atoms with E-state index in [1.165, 1.54) is 6.92 Å². The summed E-state index contributed by atoms with van der Waals surface area (Å²) in [5, 5.41) is 16.3. The second-order valence-electron chi connectivity index (χ2n) is 1.72. The van der Waals surface area contributed by atoms with E-state index in [9.17, 15) is 4.79 Å². The van der Waals surface area contributed by atoms with E-state index in [0.29, 0.717) is 0 Å². The van der Waals surface area contributed by atoms with Crippen LogP contribution in [0, 0.1) is 28.6 Å². The van der Waals surface area contributed by atoms with Crippen LogP contribution in [-0.4, -0.2) is 5.78 Å². The molecule has 0 unspecified atom stereocenters. The molecule has 0 aliphatic rings. The number of hydrogen-bond donors (Lipinski definition) is 0. The summed E-state index contributed by atoms with van der Waals surface area (Å²) in [7, 11) is 0. The van der Waals surface area contributed by atoms with Crippen molar-refractivity contribution in [3.8, 4) is 12.1 Å². The van der Waals surface area contributed by atoms with Gasteiger partial charge < -0.3 is 0 Å². The van der Waals surface area contributed by atoms with Crippen LogP contribution in [0.3, 0.4) is 0 Å². The second-order valence-corrected chi connectivity index (χ2v) is 1.72. The van der Waals surface area contributed by atoms with Gasteiger partial charge in [0.1, 0.15) is 11.7 Å². The third-order valence-corrected chi connectivity index (χ3v) is 0.803. The van der Waals surface area contributed by atoms with Gasteiger partial charge in [-0.2, -0.15) is 10.5 Å². The number of nitrogens with zero attached hydrogens (tertiary/aromatic N) is 2. The Morgan fingerprint density at radius 3 is 2.11 bits per heavy atom. The SMILES string of the molecule is CC(=O)CC(C#N)C#N. The first-order valence-electron chi connectivity index (χ1n) is 2.49. The van der Waals surface area contributed by atoms with Gasteiger partial charge in [-0.25, -0.2) is 0 Å². The van der Waals surface area contributed by atoms with Crippen molar-refractivity contribution in [2.45, 2.75) is 13.3 Å². The molecule has 0 atom stereocenters. The Labute approximate surface area is 53.5 Å². The monoisotopic (exact) mass is 122 g/mol. The van der Waals surface area contributed by atoms with Crippen LogP contribution in [0.5, 0.6) is 0 Å². The lowest BCUT2D eigenvalue weighted by Gasteiger charge is -1.90. The quantitative estimate of drug-likeness (QED) is 0.539. The van der Waals surface area contributed by atoms with Crippen LogP contribution in [0.25, 0.3) is 0 Å². The van der Waals surface area contributed by atoms with Gasteiger partial charge in [0.2, 0.25) is 0 Å². The van der Waals surface area contributed by atoms with Crippen LogP contribution in [0.15, 0.2) is 0 Å². The van der Waals surface area contributed by atoms with E-state index >= 15 is 0 Å². The molecule has 0 radical (unpaired) electrons. The summed E-state index contributed by atoms with van der Waals surface area (Å²) in [5.41, 5.74) is 0. The van der Waals surface area contributed by atoms with Gasteiger partial charge in [0.15, 0.2) is 0 Å². The molecule has 0 bridgehead atoms. The van der Waals surface area contributed by atoms with E-state index < -0.39 is 5.92 Å². The predicted molar refractivity (Wildman–Crippen MR) is 30.0 cm³/mol. The fraction of sp³-hybridized carbons (Fsp3) is 0.500. The van der Waals surface area contributed by atoms with Crippen molar-refractivity contribution in [2.24, 2.45) is 5.92 Å². The summed E-state index contributed by atoms with van der Waals surface area (Å²) in [6.45, 7) is 1.36. The number of carbonyl (C=O) groups is 1. The smallest absolute Gasteiger partial charge is 0.140 e. The van der Waals surface area contributed by atoms with E-state index in [2.05, 4.69) is 0 Å². The Kier molecular flexibility index (Phi) is 3.08. The molecule has 0 aliphatic heterocycles. The maximum atomic E-state index is 10.3. The van der Waals surface area contributed by atoms with E-state index in [-0.39, 0.29) is 12.2 Å². The molecule has 9 heavy (non-hydrogen) atoms. The first-order chi connectivity index (χ1) is 4.20. The zero-order valence-electron chi connectivity index (χ0n) is 5.09. The van der Waals surface area contributed by atoms with Crippen molar-refractivity contribution < 1.29 is 4.79 Å². The Balaban J connectivity index is 3.78. The number of Topliss-reactive ketones (excluding diaryl/α,β-unsaturated/α-hetero) is 1. The summed E-state index contributed by atoms with van der Waals surface area (Å²) in [5.74, 6) is -0.884. The Bertz CT molecular complexity index is 170. The van der Waals surface area contributed by atoms with Crippen LogP contribution < -0.4 is 0 Å². The van der Waals surface area contributed by atoms with Crippen molar-refractivity contribution in [1.29, 1.82) is 10.5 Å². The van der Waals surface area contributed by atoms with Crippen molar-refractivity contribution in [3.05, 3.63) is 0 Å². The summed E-state index contributed by atoms with van der Waals surface area (Å²) < 4.78 is 0. The van der Waals surface area contributed by atoms with Crippen LogP contribution in [-0.2, 0) is 4.79 Å². The highest BCUT2D eigenvalue weighted by Crippen LogP contribution is 1.98. The number of ketones is 1. The van der Waals surface area contributed by atoms with Gasteiger partial charge in [0.05, 0.1) is 12.1 Å². The van der Waals surface area contributed by atoms with Gasteiger partial charge >= 0.3 is 0 Å². The lowest BCUT2D eigenvalue weighted by Crippen LogP contribution is -1.99. The minimum atomic E-state index is -0.762. The van der Waals surface area contributed by atoms with E-state index in [1.54, 1.807) is 12.1 Å². The Hall–Kier alpha value is -1.35. The molecule has 0 aromatic rings. The van der Waals surface area contributed by atoms with Crippen LogP contribution in [0.2, 0.25) is 0 Å². The predicted octanol–water partition coefficient (Wildman–Crippen LogP) is 0.629. The highest BCUT2D eigenvalue weighted by Gasteiger charge is 2.06. The third kappa shape index (κ3) is 3.25. The molecule has 46 valence electrons. The van der Waals surface area contributed by atoms with E-state index in [4.69, 9.17) is 10.5 Å². The van der Waals surface area contributed by atoms with Crippen molar-refractivity contribution in [1.82, 2.24) is 0 Å². The fourth-order valence-electron chi connectivity index (χ4n) is 0.408. The molecule has 0 saturated carbocycles. The molecule has 0 aromatic carbocycles. The van der Waals surface area contributed by atoms with Crippen molar-refractivity contribution in [2.75, 3.05) is 0 Å². The fourth-order valence-corrected chi connectivity index (χ4v) is 0.408. The summed E-state index contributed by atoms with van der Waals surface area (Å²) in [6, 6.07) is 3.40. The van der Waals surface area contributed by atoms with Gasteiger partial charge in [0.25, 0.3) is 0 Å². The molecule has 0 saturated heterocycles. The minimum Gasteiger partial charge on any atom is -0.300 e. The molecule has 0 fully saturated rings. The van der Waals surface area contributed by atoms with Gasteiger partial charge in [0, 0.05) is 6.42 Å². The molecule has 0 amide bonds. The Morgan fingerprint density at radius 2 is 2.00 bits per heavy atom. The standard InChI is InChI=1S/C6H6N2O/c1-5(9)2-6(3-7)4-8/h6H,2H2,1H3. The zero-order valence-corrected chi connectivity index (χ0v) is 5.09.